The minimum atomic E-state index is -1.03. The summed E-state index contributed by atoms with van der Waals surface area (Å²) in [5.74, 6) is -0.732. The lowest BCUT2D eigenvalue weighted by Gasteiger charge is -2.11. The van der Waals surface area contributed by atoms with Crippen LogP contribution in [0.3, 0.4) is 0 Å². The first-order valence-corrected chi connectivity index (χ1v) is 4.28. The quantitative estimate of drug-likeness (QED) is 0.774. The third-order valence-corrected chi connectivity index (χ3v) is 2.03. The number of aromatic carboxylic acids is 1. The summed E-state index contributed by atoms with van der Waals surface area (Å²) in [6.07, 6.45) is 4.37. The van der Waals surface area contributed by atoms with Crippen LogP contribution in [0.2, 0.25) is 0 Å². The van der Waals surface area contributed by atoms with E-state index in [-0.39, 0.29) is 5.56 Å². The zero-order valence-corrected chi connectivity index (χ0v) is 7.40. The van der Waals surface area contributed by atoms with E-state index < -0.39 is 5.97 Å². The summed E-state index contributed by atoms with van der Waals surface area (Å²) in [6.45, 7) is 0.667. The van der Waals surface area contributed by atoms with Crippen molar-refractivity contribution in [2.45, 2.75) is 12.8 Å². The molecule has 1 aromatic heterocycles. The van der Waals surface area contributed by atoms with Crippen molar-refractivity contribution >= 4 is 11.5 Å². The molecule has 5 nitrogen and oxygen atoms in total. The van der Waals surface area contributed by atoms with Crippen LogP contribution in [-0.4, -0.2) is 22.8 Å². The van der Waals surface area contributed by atoms with Gasteiger partial charge < -0.3 is 14.4 Å². The number of nitrogens with zero attached hydrogens (tertiary/aromatic N) is 1. The van der Waals surface area contributed by atoms with Crippen LogP contribution in [0, 0.1) is 0 Å². The average molecular weight is 195 g/mol. The van der Waals surface area contributed by atoms with Crippen LogP contribution in [0.1, 0.15) is 29.0 Å². The van der Waals surface area contributed by atoms with Crippen molar-refractivity contribution in [2.24, 2.45) is 0 Å². The molecule has 1 aromatic rings. The number of aromatic nitrogens is 1. The molecule has 0 atom stereocenters. The molecule has 0 amide bonds. The standard InChI is InChI=1S/C9H9NO4/c11-9(12)7-4-10-14-8(7)6-2-1-3-13-5-6/h4-5H,1-3H2,(H,11,12). The van der Waals surface area contributed by atoms with E-state index in [1.165, 1.54) is 12.5 Å². The Bertz CT molecular complexity index is 380. The molecule has 74 valence electrons. The smallest absolute Gasteiger partial charge is 0.341 e. The van der Waals surface area contributed by atoms with Gasteiger partial charge in [-0.05, 0) is 12.8 Å². The van der Waals surface area contributed by atoms with Crippen LogP contribution in [0.25, 0.3) is 5.57 Å². The summed E-state index contributed by atoms with van der Waals surface area (Å²) in [7, 11) is 0. The molecule has 0 fully saturated rings. The fourth-order valence-corrected chi connectivity index (χ4v) is 1.35. The van der Waals surface area contributed by atoms with Crippen molar-refractivity contribution in [3.05, 3.63) is 23.8 Å². The third kappa shape index (κ3) is 1.48. The largest absolute Gasteiger partial charge is 0.501 e. The minimum absolute atomic E-state index is 0.0850. The first-order valence-electron chi connectivity index (χ1n) is 4.28. The molecule has 5 heteroatoms. The molecule has 0 saturated heterocycles. The van der Waals surface area contributed by atoms with E-state index in [4.69, 9.17) is 14.4 Å². The van der Waals surface area contributed by atoms with E-state index in [9.17, 15) is 4.79 Å². The van der Waals surface area contributed by atoms with Gasteiger partial charge in [0.25, 0.3) is 0 Å². The molecule has 0 saturated carbocycles. The Morgan fingerprint density at radius 3 is 3.07 bits per heavy atom. The molecular formula is C9H9NO4. The van der Waals surface area contributed by atoms with Crippen molar-refractivity contribution in [1.29, 1.82) is 0 Å². The highest BCUT2D eigenvalue weighted by Gasteiger charge is 2.20. The first-order chi connectivity index (χ1) is 6.79. The third-order valence-electron chi connectivity index (χ3n) is 2.03. The number of hydrogen-bond acceptors (Lipinski definition) is 4. The van der Waals surface area contributed by atoms with Crippen molar-refractivity contribution in [2.75, 3.05) is 6.61 Å². The number of allylic oxidation sites excluding steroid dienone is 1. The van der Waals surface area contributed by atoms with E-state index in [0.717, 1.165) is 18.4 Å². The predicted octanol–water partition coefficient (Wildman–Crippen LogP) is 1.52. The van der Waals surface area contributed by atoms with Crippen LogP contribution in [0.4, 0.5) is 0 Å². The van der Waals surface area contributed by atoms with Crippen LogP contribution < -0.4 is 0 Å². The van der Waals surface area contributed by atoms with Crippen LogP contribution in [0.5, 0.6) is 0 Å². The molecule has 0 spiro atoms. The molecule has 0 radical (unpaired) electrons. The zero-order valence-electron chi connectivity index (χ0n) is 7.40. The second-order valence-corrected chi connectivity index (χ2v) is 2.99. The molecule has 0 unspecified atom stereocenters. The molecule has 2 rings (SSSR count). The molecule has 14 heavy (non-hydrogen) atoms. The topological polar surface area (TPSA) is 72.6 Å². The Hall–Kier alpha value is -1.78. The molecule has 2 heterocycles. The van der Waals surface area contributed by atoms with Crippen molar-refractivity contribution in [3.8, 4) is 0 Å². The van der Waals surface area contributed by atoms with E-state index >= 15 is 0 Å². The van der Waals surface area contributed by atoms with Gasteiger partial charge in [-0.2, -0.15) is 0 Å². The van der Waals surface area contributed by atoms with E-state index in [1.807, 2.05) is 0 Å². The van der Waals surface area contributed by atoms with Gasteiger partial charge in [0.1, 0.15) is 5.56 Å². The maximum atomic E-state index is 10.8. The normalized spacial score (nSPS) is 15.9. The summed E-state index contributed by atoms with van der Waals surface area (Å²) in [5, 5.41) is 12.3. The van der Waals surface area contributed by atoms with Gasteiger partial charge >= 0.3 is 5.97 Å². The van der Waals surface area contributed by atoms with Gasteiger partial charge in [-0.3, -0.25) is 0 Å². The van der Waals surface area contributed by atoms with Crippen molar-refractivity contribution in [1.82, 2.24) is 5.16 Å². The van der Waals surface area contributed by atoms with Gasteiger partial charge in [-0.25, -0.2) is 4.79 Å². The lowest BCUT2D eigenvalue weighted by Crippen LogP contribution is -2.02. The highest BCUT2D eigenvalue weighted by Crippen LogP contribution is 2.26. The van der Waals surface area contributed by atoms with Gasteiger partial charge in [0.15, 0.2) is 5.76 Å². The summed E-state index contributed by atoms with van der Waals surface area (Å²) in [6, 6.07) is 0. The van der Waals surface area contributed by atoms with Crippen LogP contribution in [0.15, 0.2) is 17.0 Å². The zero-order chi connectivity index (χ0) is 9.97. The molecule has 1 aliphatic heterocycles. The van der Waals surface area contributed by atoms with E-state index in [1.54, 1.807) is 0 Å². The van der Waals surface area contributed by atoms with Gasteiger partial charge in [0.2, 0.25) is 0 Å². The Labute approximate surface area is 80.0 Å². The van der Waals surface area contributed by atoms with Gasteiger partial charge in [-0.15, -0.1) is 0 Å². The average Bonchev–Trinajstić information content (AvgIpc) is 2.67. The SMILES string of the molecule is O=C(O)c1cnoc1C1=COCCC1. The Balaban J connectivity index is 2.35. The number of hydrogen-bond donors (Lipinski definition) is 1. The Morgan fingerprint density at radius 1 is 1.57 bits per heavy atom. The number of rotatable bonds is 2. The summed E-state index contributed by atoms with van der Waals surface area (Å²) >= 11 is 0. The predicted molar refractivity (Wildman–Crippen MR) is 46.6 cm³/mol. The summed E-state index contributed by atoms with van der Waals surface area (Å²) < 4.78 is 9.98. The highest BCUT2D eigenvalue weighted by atomic mass is 16.5. The number of carboxylic acids is 1. The lowest BCUT2D eigenvalue weighted by atomic mass is 10.1. The maximum absolute atomic E-state index is 10.8. The first kappa shape index (κ1) is 8.80. The summed E-state index contributed by atoms with van der Waals surface area (Å²) in [4.78, 5) is 10.8. The minimum Gasteiger partial charge on any atom is -0.501 e. The molecule has 1 aliphatic rings. The molecule has 0 bridgehead atoms. The summed E-state index contributed by atoms with van der Waals surface area (Å²) in [5.41, 5.74) is 0.841. The van der Waals surface area contributed by atoms with Gasteiger partial charge in [0, 0.05) is 5.57 Å². The van der Waals surface area contributed by atoms with Gasteiger partial charge in [-0.1, -0.05) is 5.16 Å². The highest BCUT2D eigenvalue weighted by molar-refractivity contribution is 5.92. The van der Waals surface area contributed by atoms with Crippen LogP contribution >= 0.6 is 0 Å². The lowest BCUT2D eigenvalue weighted by molar-refractivity contribution is 0.0695. The second kappa shape index (κ2) is 3.53. The van der Waals surface area contributed by atoms with Crippen molar-refractivity contribution < 1.29 is 19.2 Å². The molecule has 1 N–H and O–H groups in total. The van der Waals surface area contributed by atoms with Gasteiger partial charge in [0.05, 0.1) is 19.1 Å². The van der Waals surface area contributed by atoms with Crippen molar-refractivity contribution in [3.63, 3.8) is 0 Å². The molecule has 0 aliphatic carbocycles. The fraction of sp³-hybridized carbons (Fsp3) is 0.333. The number of carboxylic acid groups (broad SMARTS) is 1. The Kier molecular flexibility index (Phi) is 2.22. The number of ether oxygens (including phenoxy) is 1. The second-order valence-electron chi connectivity index (χ2n) is 2.99. The number of carbonyl (C=O) groups is 1. The fourth-order valence-electron chi connectivity index (χ4n) is 1.35. The monoisotopic (exact) mass is 195 g/mol. The molecular weight excluding hydrogens is 186 g/mol. The Morgan fingerprint density at radius 2 is 2.43 bits per heavy atom. The van der Waals surface area contributed by atoms with Crippen LogP contribution in [-0.2, 0) is 4.74 Å². The van der Waals surface area contributed by atoms with E-state index in [0.29, 0.717) is 12.4 Å². The maximum Gasteiger partial charge on any atom is 0.341 e. The van der Waals surface area contributed by atoms with E-state index in [2.05, 4.69) is 5.16 Å². The molecule has 0 aromatic carbocycles.